The van der Waals surface area contributed by atoms with E-state index in [2.05, 4.69) is 0 Å². The second kappa shape index (κ2) is 4.64. The van der Waals surface area contributed by atoms with Gasteiger partial charge in [-0.2, -0.15) is 0 Å². The number of ether oxygens (including phenoxy) is 1. The van der Waals surface area contributed by atoms with Crippen LogP contribution in [-0.2, 0) is 6.42 Å². The summed E-state index contributed by atoms with van der Waals surface area (Å²) in [5, 5.41) is 10.1. The van der Waals surface area contributed by atoms with Crippen LogP contribution in [-0.4, -0.2) is 18.3 Å². The molecule has 16 heavy (non-hydrogen) atoms. The van der Waals surface area contributed by atoms with Gasteiger partial charge in [-0.15, -0.1) is 0 Å². The Hall–Kier alpha value is -0.730. The van der Waals surface area contributed by atoms with Crippen LogP contribution in [0.15, 0.2) is 18.2 Å². The maximum Gasteiger partial charge on any atom is 0.122 e. The van der Waals surface area contributed by atoms with E-state index >= 15 is 0 Å². The molecule has 0 saturated heterocycles. The zero-order valence-electron chi connectivity index (χ0n) is 9.50. The monoisotopic (exact) mass is 240 g/mol. The van der Waals surface area contributed by atoms with Crippen LogP contribution in [0.2, 0.25) is 5.02 Å². The molecule has 0 unspecified atom stereocenters. The van der Waals surface area contributed by atoms with Crippen molar-refractivity contribution in [2.75, 3.05) is 13.2 Å². The highest BCUT2D eigenvalue weighted by Gasteiger charge is 2.42. The molecule has 1 fully saturated rings. The average molecular weight is 241 g/mol. The first-order valence-electron chi connectivity index (χ1n) is 5.71. The van der Waals surface area contributed by atoms with Crippen LogP contribution in [0.25, 0.3) is 0 Å². The van der Waals surface area contributed by atoms with E-state index in [1.807, 2.05) is 25.1 Å². The first-order valence-corrected chi connectivity index (χ1v) is 6.09. The molecule has 0 amide bonds. The molecule has 1 aromatic carbocycles. The Morgan fingerprint density at radius 3 is 2.75 bits per heavy atom. The number of hydrogen-bond donors (Lipinski definition) is 1. The van der Waals surface area contributed by atoms with Crippen LogP contribution in [0.3, 0.4) is 0 Å². The van der Waals surface area contributed by atoms with Gasteiger partial charge in [-0.3, -0.25) is 0 Å². The van der Waals surface area contributed by atoms with Gasteiger partial charge >= 0.3 is 0 Å². The molecule has 1 N–H and O–H groups in total. The lowest BCUT2D eigenvalue weighted by Gasteiger charge is -2.15. The number of rotatable bonds is 5. The van der Waals surface area contributed by atoms with Crippen molar-refractivity contribution in [1.82, 2.24) is 0 Å². The van der Waals surface area contributed by atoms with Crippen LogP contribution in [0.4, 0.5) is 0 Å². The van der Waals surface area contributed by atoms with E-state index in [-0.39, 0.29) is 12.0 Å². The summed E-state index contributed by atoms with van der Waals surface area (Å²) >= 11 is 5.99. The number of halogens is 1. The molecular weight excluding hydrogens is 224 g/mol. The third-order valence-corrected chi connectivity index (χ3v) is 3.42. The van der Waals surface area contributed by atoms with E-state index in [0.29, 0.717) is 6.61 Å². The third kappa shape index (κ3) is 2.50. The predicted octanol–water partition coefficient (Wildman–Crippen LogP) is 3.05. The first kappa shape index (κ1) is 11.7. The van der Waals surface area contributed by atoms with Crippen LogP contribution in [0, 0.1) is 5.41 Å². The molecular formula is C13H17ClO2. The highest BCUT2D eigenvalue weighted by atomic mass is 35.5. The summed E-state index contributed by atoms with van der Waals surface area (Å²) in [7, 11) is 0. The molecule has 1 aromatic rings. The normalized spacial score (nSPS) is 17.2. The van der Waals surface area contributed by atoms with Gasteiger partial charge < -0.3 is 9.84 Å². The van der Waals surface area contributed by atoms with Crippen LogP contribution in [0.5, 0.6) is 5.75 Å². The summed E-state index contributed by atoms with van der Waals surface area (Å²) in [5.74, 6) is 0.895. The highest BCUT2D eigenvalue weighted by Crippen LogP contribution is 2.49. The molecule has 1 saturated carbocycles. The van der Waals surface area contributed by atoms with Gasteiger partial charge in [0.15, 0.2) is 0 Å². The SMILES string of the molecule is CCOc1ccc(Cl)cc1CC1(CO)CC1. The lowest BCUT2D eigenvalue weighted by molar-refractivity contribution is 0.209. The van der Waals surface area contributed by atoms with Gasteiger partial charge in [-0.05, 0) is 55.4 Å². The number of aliphatic hydroxyl groups is 1. The molecule has 1 aliphatic carbocycles. The van der Waals surface area contributed by atoms with Crippen LogP contribution in [0.1, 0.15) is 25.3 Å². The summed E-state index contributed by atoms with van der Waals surface area (Å²) < 4.78 is 5.57. The maximum atomic E-state index is 9.33. The minimum atomic E-state index is 0.0938. The van der Waals surface area contributed by atoms with Gasteiger partial charge in [-0.1, -0.05) is 11.6 Å². The first-order chi connectivity index (χ1) is 7.69. The fourth-order valence-corrected chi connectivity index (χ4v) is 2.15. The molecule has 0 heterocycles. The quantitative estimate of drug-likeness (QED) is 0.857. The lowest BCUT2D eigenvalue weighted by Crippen LogP contribution is -2.11. The Kier molecular flexibility index (Phi) is 3.41. The fourth-order valence-electron chi connectivity index (χ4n) is 1.95. The summed E-state index contributed by atoms with van der Waals surface area (Å²) in [6, 6.07) is 5.70. The van der Waals surface area contributed by atoms with Crippen molar-refractivity contribution in [3.8, 4) is 5.75 Å². The van der Waals surface area contributed by atoms with E-state index in [4.69, 9.17) is 16.3 Å². The zero-order chi connectivity index (χ0) is 11.6. The van der Waals surface area contributed by atoms with E-state index in [9.17, 15) is 5.11 Å². The smallest absolute Gasteiger partial charge is 0.122 e. The van der Waals surface area contributed by atoms with E-state index in [1.54, 1.807) is 0 Å². The molecule has 2 nitrogen and oxygen atoms in total. The number of aliphatic hydroxyl groups excluding tert-OH is 1. The Morgan fingerprint density at radius 2 is 2.19 bits per heavy atom. The molecule has 0 bridgehead atoms. The molecule has 0 spiro atoms. The number of benzene rings is 1. The zero-order valence-corrected chi connectivity index (χ0v) is 10.3. The van der Waals surface area contributed by atoms with Crippen molar-refractivity contribution < 1.29 is 9.84 Å². The standard InChI is InChI=1S/C13H17ClO2/c1-2-16-12-4-3-11(14)7-10(12)8-13(9-15)5-6-13/h3-4,7,15H,2,5-6,8-9H2,1H3. The highest BCUT2D eigenvalue weighted by molar-refractivity contribution is 6.30. The molecule has 0 aromatic heterocycles. The van der Waals surface area contributed by atoms with Crippen molar-refractivity contribution in [2.24, 2.45) is 5.41 Å². The van der Waals surface area contributed by atoms with Crippen molar-refractivity contribution in [3.05, 3.63) is 28.8 Å². The van der Waals surface area contributed by atoms with Gasteiger partial charge in [0.2, 0.25) is 0 Å². The predicted molar refractivity (Wildman–Crippen MR) is 65.1 cm³/mol. The van der Waals surface area contributed by atoms with Gasteiger partial charge in [0.1, 0.15) is 5.75 Å². The van der Waals surface area contributed by atoms with Crippen LogP contribution < -0.4 is 4.74 Å². The molecule has 0 aliphatic heterocycles. The fraction of sp³-hybridized carbons (Fsp3) is 0.538. The Balaban J connectivity index is 2.20. The second-order valence-electron chi connectivity index (χ2n) is 4.52. The Labute approximate surface area is 101 Å². The minimum Gasteiger partial charge on any atom is -0.494 e. The summed E-state index contributed by atoms with van der Waals surface area (Å²) in [4.78, 5) is 0. The van der Waals surface area contributed by atoms with Crippen molar-refractivity contribution in [3.63, 3.8) is 0 Å². The van der Waals surface area contributed by atoms with E-state index in [0.717, 1.165) is 35.6 Å². The molecule has 3 heteroatoms. The third-order valence-electron chi connectivity index (χ3n) is 3.18. The topological polar surface area (TPSA) is 29.5 Å². The van der Waals surface area contributed by atoms with E-state index < -0.39 is 0 Å². The van der Waals surface area contributed by atoms with Gasteiger partial charge in [0.25, 0.3) is 0 Å². The molecule has 1 aliphatic rings. The second-order valence-corrected chi connectivity index (χ2v) is 4.96. The van der Waals surface area contributed by atoms with Gasteiger partial charge in [-0.25, -0.2) is 0 Å². The Morgan fingerprint density at radius 1 is 1.44 bits per heavy atom. The summed E-state index contributed by atoms with van der Waals surface area (Å²) in [6.45, 7) is 2.88. The molecule has 88 valence electrons. The lowest BCUT2D eigenvalue weighted by atomic mass is 9.97. The summed E-state index contributed by atoms with van der Waals surface area (Å²) in [5.41, 5.74) is 1.21. The van der Waals surface area contributed by atoms with Gasteiger partial charge in [0.05, 0.1) is 6.61 Å². The Bertz CT molecular complexity index is 372. The van der Waals surface area contributed by atoms with Crippen molar-refractivity contribution >= 4 is 11.6 Å². The van der Waals surface area contributed by atoms with Gasteiger partial charge in [0, 0.05) is 11.6 Å². The van der Waals surface area contributed by atoms with Crippen molar-refractivity contribution in [1.29, 1.82) is 0 Å². The van der Waals surface area contributed by atoms with E-state index in [1.165, 1.54) is 0 Å². The summed E-state index contributed by atoms with van der Waals surface area (Å²) in [6.07, 6.45) is 3.06. The molecule has 2 rings (SSSR count). The average Bonchev–Trinajstić information content (AvgIpc) is 3.03. The molecule has 0 radical (unpaired) electrons. The maximum absolute atomic E-state index is 9.33. The minimum absolute atomic E-state index is 0.0938. The van der Waals surface area contributed by atoms with Crippen LogP contribution >= 0.6 is 11.6 Å². The number of hydrogen-bond acceptors (Lipinski definition) is 2. The molecule has 0 atom stereocenters. The largest absolute Gasteiger partial charge is 0.494 e. The van der Waals surface area contributed by atoms with Crippen molar-refractivity contribution in [2.45, 2.75) is 26.2 Å².